The molecule has 0 aliphatic carbocycles. The van der Waals surface area contributed by atoms with Crippen molar-refractivity contribution in [3.05, 3.63) is 36.4 Å². The molecule has 0 atom stereocenters. The summed E-state index contributed by atoms with van der Waals surface area (Å²) in [5.74, 6) is 0.975. The fourth-order valence-electron chi connectivity index (χ4n) is 2.84. The molecule has 0 radical (unpaired) electrons. The molecule has 1 aromatic carbocycles. The zero-order chi connectivity index (χ0) is 14.9. The topological polar surface area (TPSA) is 12.5 Å². The lowest BCUT2D eigenvalue weighted by Gasteiger charge is -2.15. The monoisotopic (exact) mass is 287 g/mol. The molecule has 0 saturated carbocycles. The second kappa shape index (κ2) is 8.89. The Bertz CT molecular complexity index is 435. The molecule has 2 nitrogen and oxygen atoms in total. The third-order valence-electron chi connectivity index (χ3n) is 4.20. The number of ether oxygens (including phenoxy) is 1. The van der Waals surface area contributed by atoms with Gasteiger partial charge in [-0.2, -0.15) is 0 Å². The van der Waals surface area contributed by atoms with E-state index in [-0.39, 0.29) is 0 Å². The van der Waals surface area contributed by atoms with Crippen molar-refractivity contribution in [2.24, 2.45) is 0 Å². The van der Waals surface area contributed by atoms with Crippen molar-refractivity contribution in [3.63, 3.8) is 0 Å². The van der Waals surface area contributed by atoms with E-state index in [1.807, 2.05) is 6.07 Å². The summed E-state index contributed by atoms with van der Waals surface area (Å²) >= 11 is 0. The fourth-order valence-corrected chi connectivity index (χ4v) is 2.84. The second-order valence-corrected chi connectivity index (χ2v) is 5.99. The molecule has 0 N–H and O–H groups in total. The van der Waals surface area contributed by atoms with Gasteiger partial charge < -0.3 is 4.74 Å². The van der Waals surface area contributed by atoms with Crippen LogP contribution in [0.15, 0.2) is 30.8 Å². The van der Waals surface area contributed by atoms with E-state index in [2.05, 4.69) is 36.6 Å². The van der Waals surface area contributed by atoms with Gasteiger partial charge in [-0.3, -0.25) is 4.90 Å². The van der Waals surface area contributed by atoms with E-state index in [1.165, 1.54) is 56.3 Å². The smallest absolute Gasteiger partial charge is 0.119 e. The highest BCUT2D eigenvalue weighted by molar-refractivity contribution is 5.64. The molecular weight excluding hydrogens is 258 g/mol. The van der Waals surface area contributed by atoms with Gasteiger partial charge in [-0.15, -0.1) is 0 Å². The van der Waals surface area contributed by atoms with Crippen LogP contribution in [0.3, 0.4) is 0 Å². The predicted molar refractivity (Wildman–Crippen MR) is 90.8 cm³/mol. The van der Waals surface area contributed by atoms with Gasteiger partial charge in [0.1, 0.15) is 12.4 Å². The first-order chi connectivity index (χ1) is 10.3. The lowest BCUT2D eigenvalue weighted by molar-refractivity contribution is 0.238. The van der Waals surface area contributed by atoms with Crippen molar-refractivity contribution in [2.75, 3.05) is 26.2 Å². The third-order valence-corrected chi connectivity index (χ3v) is 4.20. The SMILES string of the molecule is C=C(CCCCC)c1cccc(OCCN2CCCC2)c1. The molecule has 0 unspecified atom stereocenters. The number of hydrogen-bond acceptors (Lipinski definition) is 2. The van der Waals surface area contributed by atoms with E-state index >= 15 is 0 Å². The summed E-state index contributed by atoms with van der Waals surface area (Å²) in [5.41, 5.74) is 2.46. The van der Waals surface area contributed by atoms with E-state index in [0.29, 0.717) is 0 Å². The minimum absolute atomic E-state index is 0.783. The van der Waals surface area contributed by atoms with Crippen LogP contribution in [0.4, 0.5) is 0 Å². The minimum atomic E-state index is 0.783. The summed E-state index contributed by atoms with van der Waals surface area (Å²) in [5, 5.41) is 0. The van der Waals surface area contributed by atoms with Crippen LogP contribution in [0.1, 0.15) is 51.0 Å². The van der Waals surface area contributed by atoms with Crippen molar-refractivity contribution in [1.29, 1.82) is 0 Å². The molecule has 2 heteroatoms. The number of nitrogens with zero attached hydrogens (tertiary/aromatic N) is 1. The molecule has 1 saturated heterocycles. The molecule has 1 aliphatic rings. The van der Waals surface area contributed by atoms with E-state index in [1.54, 1.807) is 0 Å². The standard InChI is InChI=1S/C19H29NO/c1-3-4-5-9-17(2)18-10-8-11-19(16-18)21-15-14-20-12-6-7-13-20/h8,10-11,16H,2-7,9,12-15H2,1H3. The molecule has 0 aromatic heterocycles. The molecule has 1 aromatic rings. The van der Waals surface area contributed by atoms with E-state index in [4.69, 9.17) is 4.74 Å². The second-order valence-electron chi connectivity index (χ2n) is 5.99. The highest BCUT2D eigenvalue weighted by Gasteiger charge is 2.10. The minimum Gasteiger partial charge on any atom is -0.492 e. The highest BCUT2D eigenvalue weighted by Crippen LogP contribution is 2.23. The first-order valence-corrected chi connectivity index (χ1v) is 8.43. The number of hydrogen-bond donors (Lipinski definition) is 0. The van der Waals surface area contributed by atoms with Gasteiger partial charge >= 0.3 is 0 Å². The molecule has 21 heavy (non-hydrogen) atoms. The molecule has 0 spiro atoms. The highest BCUT2D eigenvalue weighted by atomic mass is 16.5. The summed E-state index contributed by atoms with van der Waals surface area (Å²) < 4.78 is 5.90. The maximum Gasteiger partial charge on any atom is 0.119 e. The molecule has 1 fully saturated rings. The first kappa shape index (κ1) is 16.1. The molecular formula is C19H29NO. The van der Waals surface area contributed by atoms with Crippen molar-refractivity contribution < 1.29 is 4.74 Å². The fraction of sp³-hybridized carbons (Fsp3) is 0.579. The van der Waals surface area contributed by atoms with Gasteiger partial charge in [-0.05, 0) is 62.0 Å². The van der Waals surface area contributed by atoms with Gasteiger partial charge in [0.2, 0.25) is 0 Å². The van der Waals surface area contributed by atoms with E-state index in [0.717, 1.165) is 25.3 Å². The molecule has 116 valence electrons. The number of allylic oxidation sites excluding steroid dienone is 1. The molecule has 1 aliphatic heterocycles. The van der Waals surface area contributed by atoms with Crippen molar-refractivity contribution in [3.8, 4) is 5.75 Å². The summed E-state index contributed by atoms with van der Waals surface area (Å²) in [6.07, 6.45) is 7.54. The normalized spacial score (nSPS) is 15.3. The van der Waals surface area contributed by atoms with Gasteiger partial charge in [-0.25, -0.2) is 0 Å². The number of unbranched alkanes of at least 4 members (excludes halogenated alkanes) is 2. The van der Waals surface area contributed by atoms with Crippen molar-refractivity contribution in [2.45, 2.75) is 45.4 Å². The maximum atomic E-state index is 5.90. The average molecular weight is 287 g/mol. The van der Waals surface area contributed by atoms with Crippen LogP contribution in [-0.2, 0) is 0 Å². The Morgan fingerprint density at radius 1 is 1.24 bits per heavy atom. The van der Waals surface area contributed by atoms with Crippen LogP contribution in [0.25, 0.3) is 5.57 Å². The molecule has 2 rings (SSSR count). The maximum absolute atomic E-state index is 5.90. The zero-order valence-corrected chi connectivity index (χ0v) is 13.4. The number of rotatable bonds is 9. The molecule has 0 bridgehead atoms. The number of benzene rings is 1. The zero-order valence-electron chi connectivity index (χ0n) is 13.4. The van der Waals surface area contributed by atoms with Crippen LogP contribution in [0.2, 0.25) is 0 Å². The van der Waals surface area contributed by atoms with Crippen LogP contribution >= 0.6 is 0 Å². The van der Waals surface area contributed by atoms with E-state index < -0.39 is 0 Å². The third kappa shape index (κ3) is 5.55. The Morgan fingerprint density at radius 2 is 2.05 bits per heavy atom. The molecule has 1 heterocycles. The van der Waals surface area contributed by atoms with Crippen LogP contribution < -0.4 is 4.74 Å². The number of likely N-dealkylation sites (tertiary alicyclic amines) is 1. The van der Waals surface area contributed by atoms with Crippen molar-refractivity contribution >= 4 is 5.57 Å². The van der Waals surface area contributed by atoms with Crippen LogP contribution in [0, 0.1) is 0 Å². The van der Waals surface area contributed by atoms with Crippen LogP contribution in [0.5, 0.6) is 5.75 Å². The lowest BCUT2D eigenvalue weighted by Crippen LogP contribution is -2.25. The first-order valence-electron chi connectivity index (χ1n) is 8.43. The quantitative estimate of drug-likeness (QED) is 0.607. The van der Waals surface area contributed by atoms with Gasteiger partial charge in [0, 0.05) is 6.54 Å². The van der Waals surface area contributed by atoms with Gasteiger partial charge in [0.25, 0.3) is 0 Å². The average Bonchev–Trinajstić information content (AvgIpc) is 3.01. The van der Waals surface area contributed by atoms with Gasteiger partial charge in [-0.1, -0.05) is 38.5 Å². The Hall–Kier alpha value is -1.28. The van der Waals surface area contributed by atoms with E-state index in [9.17, 15) is 0 Å². The summed E-state index contributed by atoms with van der Waals surface area (Å²) in [6, 6.07) is 8.40. The Morgan fingerprint density at radius 3 is 2.81 bits per heavy atom. The van der Waals surface area contributed by atoms with Crippen LogP contribution in [-0.4, -0.2) is 31.1 Å². The molecule has 0 amide bonds. The van der Waals surface area contributed by atoms with Gasteiger partial charge in [0.15, 0.2) is 0 Å². The Balaban J connectivity index is 1.78. The Labute approximate surface area is 129 Å². The summed E-state index contributed by atoms with van der Waals surface area (Å²) in [6.45, 7) is 10.7. The van der Waals surface area contributed by atoms with Gasteiger partial charge in [0.05, 0.1) is 0 Å². The lowest BCUT2D eigenvalue weighted by atomic mass is 10.0. The summed E-state index contributed by atoms with van der Waals surface area (Å²) in [4.78, 5) is 2.48. The predicted octanol–water partition coefficient (Wildman–Crippen LogP) is 4.75. The van der Waals surface area contributed by atoms with Crippen molar-refractivity contribution in [1.82, 2.24) is 4.90 Å². The largest absolute Gasteiger partial charge is 0.492 e. The summed E-state index contributed by atoms with van der Waals surface area (Å²) in [7, 11) is 0. The Kier molecular flexibility index (Phi) is 6.81.